The van der Waals surface area contributed by atoms with Gasteiger partial charge >= 0.3 is 0 Å². The van der Waals surface area contributed by atoms with Gasteiger partial charge in [0.15, 0.2) is 0 Å². The average Bonchev–Trinajstić information content (AvgIpc) is 2.07. The number of benzene rings is 1. The Labute approximate surface area is 71.9 Å². The van der Waals surface area contributed by atoms with Gasteiger partial charge in [-0.25, -0.2) is 0 Å². The molecule has 1 aromatic rings. The minimum Gasteiger partial charge on any atom is -0.380 e. The van der Waals surface area contributed by atoms with Gasteiger partial charge in [-0.15, -0.1) is 11.6 Å². The van der Waals surface area contributed by atoms with Crippen molar-refractivity contribution in [3.63, 3.8) is 0 Å². The molecule has 0 saturated carbocycles. The lowest BCUT2D eigenvalue weighted by molar-refractivity contribution is 0.185. The topological polar surface area (TPSA) is 9.23 Å². The van der Waals surface area contributed by atoms with Crippen molar-refractivity contribution in [2.45, 2.75) is 12.5 Å². The highest BCUT2D eigenvalue weighted by atomic mass is 35.5. The summed E-state index contributed by atoms with van der Waals surface area (Å²) in [5.74, 6) is 0.577. The van der Waals surface area contributed by atoms with Crippen LogP contribution in [0.5, 0.6) is 0 Å². The Morgan fingerprint density at radius 1 is 1.18 bits per heavy atom. The number of halogens is 1. The summed E-state index contributed by atoms with van der Waals surface area (Å²) in [7, 11) is 1.69. The molecule has 0 aliphatic carbocycles. The summed E-state index contributed by atoms with van der Waals surface area (Å²) < 4.78 is 4.97. The molecule has 0 aromatic heterocycles. The molecule has 0 heterocycles. The summed E-state index contributed by atoms with van der Waals surface area (Å²) in [4.78, 5) is 0. The van der Waals surface area contributed by atoms with Crippen molar-refractivity contribution in [2.24, 2.45) is 0 Å². The van der Waals surface area contributed by atoms with Crippen LogP contribution in [0.4, 0.5) is 0 Å². The number of hydrogen-bond donors (Lipinski definition) is 0. The molecule has 0 aliphatic rings. The van der Waals surface area contributed by atoms with Gasteiger partial charge in [0.2, 0.25) is 0 Å². The maximum Gasteiger partial charge on any atom is 0.0713 e. The minimum atomic E-state index is 0.577. The van der Waals surface area contributed by atoms with Crippen LogP contribution in [0, 0.1) is 0 Å². The van der Waals surface area contributed by atoms with Crippen molar-refractivity contribution in [3.05, 3.63) is 35.4 Å². The van der Waals surface area contributed by atoms with Crippen molar-refractivity contribution in [2.75, 3.05) is 7.11 Å². The zero-order valence-corrected chi connectivity index (χ0v) is 7.27. The lowest BCUT2D eigenvalue weighted by Crippen LogP contribution is -1.87. The van der Waals surface area contributed by atoms with Crippen LogP contribution in [0.25, 0.3) is 0 Å². The van der Waals surface area contributed by atoms with Gasteiger partial charge in [0.05, 0.1) is 6.61 Å². The van der Waals surface area contributed by atoms with Gasteiger partial charge in [0, 0.05) is 13.0 Å². The molecule has 0 fully saturated rings. The molecule has 1 nitrogen and oxygen atoms in total. The minimum absolute atomic E-state index is 0.577. The van der Waals surface area contributed by atoms with Crippen LogP contribution >= 0.6 is 11.6 Å². The maximum absolute atomic E-state index is 5.63. The van der Waals surface area contributed by atoms with E-state index in [1.165, 1.54) is 5.56 Å². The lowest BCUT2D eigenvalue weighted by atomic mass is 10.2. The summed E-state index contributed by atoms with van der Waals surface area (Å²) in [6.07, 6.45) is 0. The molecule has 1 aromatic carbocycles. The smallest absolute Gasteiger partial charge is 0.0713 e. The summed E-state index contributed by atoms with van der Waals surface area (Å²) >= 11 is 5.63. The van der Waals surface area contributed by atoms with E-state index in [1.54, 1.807) is 7.11 Å². The molecule has 0 aliphatic heterocycles. The van der Waals surface area contributed by atoms with Gasteiger partial charge in [-0.2, -0.15) is 0 Å². The van der Waals surface area contributed by atoms with Crippen molar-refractivity contribution >= 4 is 11.6 Å². The first-order valence-electron chi connectivity index (χ1n) is 3.49. The normalized spacial score (nSPS) is 10.0. The van der Waals surface area contributed by atoms with Gasteiger partial charge in [-0.1, -0.05) is 24.3 Å². The molecule has 0 saturated heterocycles. The Kier molecular flexibility index (Phi) is 3.40. The number of alkyl halides is 1. The third kappa shape index (κ3) is 2.52. The zero-order valence-electron chi connectivity index (χ0n) is 6.51. The van der Waals surface area contributed by atoms with Crippen molar-refractivity contribution in [1.29, 1.82) is 0 Å². The summed E-state index contributed by atoms with van der Waals surface area (Å²) in [5, 5.41) is 0. The molecule has 60 valence electrons. The van der Waals surface area contributed by atoms with E-state index in [0.29, 0.717) is 12.5 Å². The van der Waals surface area contributed by atoms with Gasteiger partial charge in [0.1, 0.15) is 0 Å². The Balaban J connectivity index is 2.66. The van der Waals surface area contributed by atoms with Crippen molar-refractivity contribution in [1.82, 2.24) is 0 Å². The van der Waals surface area contributed by atoms with Crippen LogP contribution in [-0.2, 0) is 17.2 Å². The quantitative estimate of drug-likeness (QED) is 0.634. The fourth-order valence-electron chi connectivity index (χ4n) is 0.891. The van der Waals surface area contributed by atoms with Crippen LogP contribution in [0.15, 0.2) is 24.3 Å². The van der Waals surface area contributed by atoms with E-state index in [1.807, 2.05) is 24.3 Å². The summed E-state index contributed by atoms with van der Waals surface area (Å²) in [6, 6.07) is 8.09. The van der Waals surface area contributed by atoms with Crippen LogP contribution in [-0.4, -0.2) is 7.11 Å². The second kappa shape index (κ2) is 4.37. The fourth-order valence-corrected chi connectivity index (χ4v) is 1.07. The number of rotatable bonds is 3. The molecular weight excluding hydrogens is 160 g/mol. The molecule has 0 bridgehead atoms. The molecule has 0 N–H and O–H groups in total. The molecule has 2 heteroatoms. The van der Waals surface area contributed by atoms with Gasteiger partial charge in [-0.3, -0.25) is 0 Å². The molecule has 11 heavy (non-hydrogen) atoms. The van der Waals surface area contributed by atoms with E-state index >= 15 is 0 Å². The first-order chi connectivity index (χ1) is 5.36. The Morgan fingerprint density at radius 2 is 1.73 bits per heavy atom. The predicted molar refractivity (Wildman–Crippen MR) is 46.7 cm³/mol. The predicted octanol–water partition coefficient (Wildman–Crippen LogP) is 2.57. The summed E-state index contributed by atoms with van der Waals surface area (Å²) in [5.41, 5.74) is 2.33. The first-order valence-corrected chi connectivity index (χ1v) is 4.03. The second-order valence-electron chi connectivity index (χ2n) is 2.38. The van der Waals surface area contributed by atoms with Crippen LogP contribution in [0.2, 0.25) is 0 Å². The number of methoxy groups -OCH3 is 1. The van der Waals surface area contributed by atoms with E-state index in [9.17, 15) is 0 Å². The summed E-state index contributed by atoms with van der Waals surface area (Å²) in [6.45, 7) is 0.669. The zero-order chi connectivity index (χ0) is 8.10. The molecule has 0 unspecified atom stereocenters. The molecule has 0 spiro atoms. The first kappa shape index (κ1) is 8.57. The van der Waals surface area contributed by atoms with E-state index < -0.39 is 0 Å². The standard InChI is InChI=1S/C9H11ClO/c1-11-7-9-4-2-8(6-10)3-5-9/h2-5H,6-7H2,1H3. The molecular formula is C9H11ClO. The molecule has 0 atom stereocenters. The van der Waals surface area contributed by atoms with Crippen molar-refractivity contribution < 1.29 is 4.74 Å². The molecule has 0 amide bonds. The van der Waals surface area contributed by atoms with Crippen molar-refractivity contribution in [3.8, 4) is 0 Å². The van der Waals surface area contributed by atoms with E-state index in [4.69, 9.17) is 16.3 Å². The van der Waals surface area contributed by atoms with Gasteiger partial charge in [0.25, 0.3) is 0 Å². The van der Waals surface area contributed by atoms with Gasteiger partial charge in [-0.05, 0) is 11.1 Å². The Morgan fingerprint density at radius 3 is 2.18 bits per heavy atom. The average molecular weight is 171 g/mol. The molecule has 0 radical (unpaired) electrons. The monoisotopic (exact) mass is 170 g/mol. The second-order valence-corrected chi connectivity index (χ2v) is 2.65. The van der Waals surface area contributed by atoms with Crippen LogP contribution in [0.1, 0.15) is 11.1 Å². The Hall–Kier alpha value is -0.530. The van der Waals surface area contributed by atoms with E-state index in [2.05, 4.69) is 0 Å². The number of ether oxygens (including phenoxy) is 1. The largest absolute Gasteiger partial charge is 0.380 e. The number of hydrogen-bond acceptors (Lipinski definition) is 1. The third-order valence-corrected chi connectivity index (χ3v) is 1.80. The highest BCUT2D eigenvalue weighted by Crippen LogP contribution is 2.07. The third-order valence-electron chi connectivity index (χ3n) is 1.49. The van der Waals surface area contributed by atoms with E-state index in [0.717, 1.165) is 5.56 Å². The Bertz CT molecular complexity index is 205. The lowest BCUT2D eigenvalue weighted by Gasteiger charge is -1.99. The highest BCUT2D eigenvalue weighted by Gasteiger charge is 1.91. The van der Waals surface area contributed by atoms with Crippen LogP contribution in [0.3, 0.4) is 0 Å². The highest BCUT2D eigenvalue weighted by molar-refractivity contribution is 6.17. The maximum atomic E-state index is 5.63. The van der Waals surface area contributed by atoms with Gasteiger partial charge < -0.3 is 4.74 Å². The fraction of sp³-hybridized carbons (Fsp3) is 0.333. The van der Waals surface area contributed by atoms with Crippen LogP contribution < -0.4 is 0 Å². The SMILES string of the molecule is COCc1ccc(CCl)cc1. The van der Waals surface area contributed by atoms with E-state index in [-0.39, 0.29) is 0 Å². The molecule has 1 rings (SSSR count).